The van der Waals surface area contributed by atoms with Crippen molar-refractivity contribution in [2.75, 3.05) is 26.7 Å². The predicted molar refractivity (Wildman–Crippen MR) is 76.3 cm³/mol. The van der Waals surface area contributed by atoms with Crippen LogP contribution in [-0.2, 0) is 14.4 Å². The fourth-order valence-corrected chi connectivity index (χ4v) is 2.60. The van der Waals surface area contributed by atoms with Gasteiger partial charge in [-0.2, -0.15) is 0 Å². The van der Waals surface area contributed by atoms with E-state index in [1.165, 1.54) is 18.9 Å². The highest BCUT2D eigenvalue weighted by Gasteiger charge is 2.53. The van der Waals surface area contributed by atoms with Gasteiger partial charge in [-0.05, 0) is 33.4 Å². The van der Waals surface area contributed by atoms with Gasteiger partial charge in [-0.1, -0.05) is 0 Å². The minimum atomic E-state index is -0.948. The van der Waals surface area contributed by atoms with E-state index in [1.54, 1.807) is 0 Å². The zero-order valence-corrected chi connectivity index (χ0v) is 12.5. The minimum Gasteiger partial charge on any atom is -0.391 e. The molecule has 2 aliphatic rings. The summed E-state index contributed by atoms with van der Waals surface area (Å²) >= 11 is 0. The maximum atomic E-state index is 12.0. The van der Waals surface area contributed by atoms with Crippen LogP contribution < -0.4 is 16.4 Å². The molecule has 0 aromatic carbocycles. The molecule has 2 aliphatic heterocycles. The number of amides is 2. The lowest BCUT2D eigenvalue weighted by Gasteiger charge is -2.46. The molecule has 0 aromatic heterocycles. The van der Waals surface area contributed by atoms with Gasteiger partial charge in [0.15, 0.2) is 0 Å². The topological polar surface area (TPSA) is 125 Å². The molecule has 2 fully saturated rings. The van der Waals surface area contributed by atoms with Crippen LogP contribution in [-0.4, -0.2) is 72.5 Å². The zero-order chi connectivity index (χ0) is 16.0. The van der Waals surface area contributed by atoms with Gasteiger partial charge < -0.3 is 31.2 Å². The van der Waals surface area contributed by atoms with Gasteiger partial charge in [-0.15, -0.1) is 0 Å². The number of aliphatic hydroxyl groups is 1. The Kier molecular flexibility index (Phi) is 6.25. The SMILES string of the molecule is CC(O)C(C=O)NC(=O)CN1CC2(CCCN2)C1=O.CN. The number of likely N-dealkylation sites (tertiary alicyclic amines) is 1. The molecular weight excluding hydrogens is 276 g/mol. The number of β-lactam (4-membered cyclic amide) rings is 1. The lowest BCUT2D eigenvalue weighted by Crippen LogP contribution is -2.72. The smallest absolute Gasteiger partial charge is 0.245 e. The van der Waals surface area contributed by atoms with Crippen molar-refractivity contribution in [3.63, 3.8) is 0 Å². The molecule has 5 N–H and O–H groups in total. The van der Waals surface area contributed by atoms with Crippen LogP contribution >= 0.6 is 0 Å². The van der Waals surface area contributed by atoms with Gasteiger partial charge in [0.05, 0.1) is 12.6 Å². The summed E-state index contributed by atoms with van der Waals surface area (Å²) < 4.78 is 0. The van der Waals surface area contributed by atoms with Gasteiger partial charge >= 0.3 is 0 Å². The second-order valence-electron chi connectivity index (χ2n) is 5.24. The number of nitrogens with zero attached hydrogens (tertiary/aromatic N) is 1. The van der Waals surface area contributed by atoms with Crippen LogP contribution in [0.3, 0.4) is 0 Å². The van der Waals surface area contributed by atoms with Crippen LogP contribution in [0.5, 0.6) is 0 Å². The van der Waals surface area contributed by atoms with Gasteiger partial charge in [0, 0.05) is 6.54 Å². The summed E-state index contributed by atoms with van der Waals surface area (Å²) in [7, 11) is 1.50. The van der Waals surface area contributed by atoms with Crippen molar-refractivity contribution >= 4 is 18.1 Å². The molecule has 8 nitrogen and oxygen atoms in total. The van der Waals surface area contributed by atoms with Crippen molar-refractivity contribution in [1.29, 1.82) is 0 Å². The molecular formula is C13H24N4O4. The first-order chi connectivity index (χ1) is 9.98. The number of aldehydes is 1. The first-order valence-electron chi connectivity index (χ1n) is 7.03. The average Bonchev–Trinajstić information content (AvgIpc) is 2.97. The molecule has 2 heterocycles. The van der Waals surface area contributed by atoms with Crippen molar-refractivity contribution in [2.24, 2.45) is 5.73 Å². The van der Waals surface area contributed by atoms with E-state index in [9.17, 15) is 19.5 Å². The van der Waals surface area contributed by atoms with E-state index in [1.807, 2.05) is 0 Å². The Morgan fingerprint density at radius 1 is 1.62 bits per heavy atom. The number of hydrogen-bond acceptors (Lipinski definition) is 6. The minimum absolute atomic E-state index is 0.0557. The van der Waals surface area contributed by atoms with Gasteiger partial charge in [-0.3, -0.25) is 9.59 Å². The van der Waals surface area contributed by atoms with Crippen LogP contribution in [0.1, 0.15) is 19.8 Å². The van der Waals surface area contributed by atoms with Crippen molar-refractivity contribution < 1.29 is 19.5 Å². The van der Waals surface area contributed by atoms with Gasteiger partial charge in [0.1, 0.15) is 17.9 Å². The first-order valence-corrected chi connectivity index (χ1v) is 7.03. The summed E-state index contributed by atoms with van der Waals surface area (Å²) in [5, 5.41) is 14.8. The van der Waals surface area contributed by atoms with Crippen LogP contribution in [0.2, 0.25) is 0 Å². The molecule has 1 spiro atoms. The first kappa shape index (κ1) is 17.5. The average molecular weight is 300 g/mol. The summed E-state index contributed by atoms with van der Waals surface area (Å²) in [5.74, 6) is -0.487. The van der Waals surface area contributed by atoms with Crippen molar-refractivity contribution in [1.82, 2.24) is 15.5 Å². The Morgan fingerprint density at radius 3 is 2.71 bits per heavy atom. The zero-order valence-electron chi connectivity index (χ0n) is 12.5. The Balaban J connectivity index is 0.00000106. The van der Waals surface area contributed by atoms with E-state index in [0.717, 1.165) is 19.4 Å². The van der Waals surface area contributed by atoms with Gasteiger partial charge in [0.25, 0.3) is 0 Å². The molecule has 0 aliphatic carbocycles. The van der Waals surface area contributed by atoms with Crippen LogP contribution in [0, 0.1) is 0 Å². The van der Waals surface area contributed by atoms with Crippen molar-refractivity contribution in [2.45, 2.75) is 37.5 Å². The van der Waals surface area contributed by atoms with Gasteiger partial charge in [-0.25, -0.2) is 0 Å². The van der Waals surface area contributed by atoms with Crippen LogP contribution in [0.15, 0.2) is 0 Å². The van der Waals surface area contributed by atoms with E-state index in [-0.39, 0.29) is 12.5 Å². The molecule has 0 saturated carbocycles. The third kappa shape index (κ3) is 3.78. The molecule has 120 valence electrons. The number of aliphatic hydroxyl groups excluding tert-OH is 1. The molecule has 2 rings (SSSR count). The molecule has 2 saturated heterocycles. The van der Waals surface area contributed by atoms with E-state index >= 15 is 0 Å². The maximum Gasteiger partial charge on any atom is 0.245 e. The number of carbonyl (C=O) groups excluding carboxylic acids is 3. The largest absolute Gasteiger partial charge is 0.391 e. The summed E-state index contributed by atoms with van der Waals surface area (Å²) in [6.07, 6.45) is 1.33. The fourth-order valence-electron chi connectivity index (χ4n) is 2.60. The highest BCUT2D eigenvalue weighted by Crippen LogP contribution is 2.30. The van der Waals surface area contributed by atoms with E-state index in [0.29, 0.717) is 12.8 Å². The fraction of sp³-hybridized carbons (Fsp3) is 0.769. The predicted octanol–water partition coefficient (Wildman–Crippen LogP) is -2.41. The van der Waals surface area contributed by atoms with Crippen LogP contribution in [0.25, 0.3) is 0 Å². The second kappa shape index (κ2) is 7.48. The molecule has 2 amide bonds. The Morgan fingerprint density at radius 2 is 2.29 bits per heavy atom. The summed E-state index contributed by atoms with van der Waals surface area (Å²) in [5.41, 5.74) is 4.05. The summed E-state index contributed by atoms with van der Waals surface area (Å²) in [6.45, 7) is 2.71. The van der Waals surface area contributed by atoms with Gasteiger partial charge in [0.2, 0.25) is 11.8 Å². The Hall–Kier alpha value is -1.51. The molecule has 0 bridgehead atoms. The number of hydrogen-bond donors (Lipinski definition) is 4. The highest BCUT2D eigenvalue weighted by atomic mass is 16.3. The molecule has 21 heavy (non-hydrogen) atoms. The normalized spacial score (nSPS) is 26.5. The van der Waals surface area contributed by atoms with Crippen molar-refractivity contribution in [3.05, 3.63) is 0 Å². The third-order valence-electron chi connectivity index (χ3n) is 3.73. The number of nitrogens with one attached hydrogen (secondary N) is 2. The summed E-state index contributed by atoms with van der Waals surface area (Å²) in [6, 6.07) is -0.928. The monoisotopic (exact) mass is 300 g/mol. The molecule has 0 radical (unpaired) electrons. The summed E-state index contributed by atoms with van der Waals surface area (Å²) in [4.78, 5) is 35.8. The molecule has 3 atom stereocenters. The molecule has 3 unspecified atom stereocenters. The molecule has 8 heteroatoms. The highest BCUT2D eigenvalue weighted by molar-refractivity contribution is 5.96. The molecule has 0 aromatic rings. The maximum absolute atomic E-state index is 12.0. The third-order valence-corrected chi connectivity index (χ3v) is 3.73. The Labute approximate surface area is 124 Å². The number of rotatable bonds is 5. The lowest BCUT2D eigenvalue weighted by molar-refractivity contribution is -0.154. The van der Waals surface area contributed by atoms with Crippen molar-refractivity contribution in [3.8, 4) is 0 Å². The number of carbonyl (C=O) groups is 3. The van der Waals surface area contributed by atoms with E-state index < -0.39 is 23.6 Å². The van der Waals surface area contributed by atoms with E-state index in [4.69, 9.17) is 0 Å². The second-order valence-corrected chi connectivity index (χ2v) is 5.24. The van der Waals surface area contributed by atoms with E-state index in [2.05, 4.69) is 16.4 Å². The standard InChI is InChI=1S/C12H19N3O4.CH5N/c1-8(17)9(6-16)14-10(18)5-15-7-12(11(15)19)3-2-4-13-12;1-2/h6,8-9,13,17H,2-5,7H2,1H3,(H,14,18);2H2,1H3. The lowest BCUT2D eigenvalue weighted by atomic mass is 9.87. The number of nitrogens with two attached hydrogens (primary N) is 1. The quantitative estimate of drug-likeness (QED) is 0.331. The Bertz CT molecular complexity index is 394. The van der Waals surface area contributed by atoms with Crippen LogP contribution in [0.4, 0.5) is 0 Å².